The molecule has 1 heterocycles. The van der Waals surface area contributed by atoms with Crippen LogP contribution in [0.2, 0.25) is 5.02 Å². The second-order valence-corrected chi connectivity index (χ2v) is 6.23. The lowest BCUT2D eigenvalue weighted by Crippen LogP contribution is -3.00. The van der Waals surface area contributed by atoms with Gasteiger partial charge in [0.25, 0.3) is 0 Å². The van der Waals surface area contributed by atoms with Crippen LogP contribution in [0.15, 0.2) is 67.0 Å². The van der Waals surface area contributed by atoms with Crippen LogP contribution in [0.3, 0.4) is 0 Å². The van der Waals surface area contributed by atoms with Crippen molar-refractivity contribution in [1.82, 2.24) is 10.3 Å². The molecule has 3 rings (SSSR count). The van der Waals surface area contributed by atoms with Gasteiger partial charge in [-0.15, -0.1) is 0 Å². The molecular weight excluding hydrogens is 383 g/mol. The van der Waals surface area contributed by atoms with Crippen LogP contribution in [-0.2, 0) is 19.7 Å². The van der Waals surface area contributed by atoms with Gasteiger partial charge in [0.15, 0.2) is 11.5 Å². The van der Waals surface area contributed by atoms with Gasteiger partial charge in [-0.1, -0.05) is 35.9 Å². The van der Waals surface area contributed by atoms with Crippen molar-refractivity contribution in [2.45, 2.75) is 19.7 Å². The average molecular weight is 404 g/mol. The zero-order valence-electron chi connectivity index (χ0n) is 15.0. The van der Waals surface area contributed by atoms with E-state index in [1.165, 1.54) is 5.56 Å². The van der Waals surface area contributed by atoms with Gasteiger partial charge in [0, 0.05) is 36.1 Å². The molecule has 1 aromatic heterocycles. The highest BCUT2D eigenvalue weighted by atomic mass is 35.5. The fourth-order valence-electron chi connectivity index (χ4n) is 2.56. The first-order valence-electron chi connectivity index (χ1n) is 8.39. The number of ether oxygens (including phenoxy) is 2. The second kappa shape index (κ2) is 10.8. The van der Waals surface area contributed by atoms with E-state index in [0.717, 1.165) is 24.2 Å². The van der Waals surface area contributed by atoms with Gasteiger partial charge < -0.3 is 27.2 Å². The Bertz CT molecular complexity index is 845. The highest BCUT2D eigenvalue weighted by molar-refractivity contribution is 6.31. The number of benzene rings is 2. The number of rotatable bonds is 8. The first-order valence-corrected chi connectivity index (χ1v) is 8.77. The third kappa shape index (κ3) is 6.14. The van der Waals surface area contributed by atoms with Gasteiger partial charge in [-0.25, -0.2) is 0 Å². The number of nitrogens with zero attached hydrogens (tertiary/aromatic N) is 1. The van der Waals surface area contributed by atoms with E-state index >= 15 is 0 Å². The van der Waals surface area contributed by atoms with Crippen molar-refractivity contribution in [3.8, 4) is 11.5 Å². The summed E-state index contributed by atoms with van der Waals surface area (Å²) in [6.45, 7) is 1.93. The lowest BCUT2D eigenvalue weighted by Gasteiger charge is -2.13. The van der Waals surface area contributed by atoms with E-state index in [9.17, 15) is 0 Å². The van der Waals surface area contributed by atoms with Crippen LogP contribution in [0.25, 0.3) is 0 Å². The molecule has 142 valence electrons. The van der Waals surface area contributed by atoms with Crippen molar-refractivity contribution in [2.75, 3.05) is 7.11 Å². The molecule has 0 atom stereocenters. The predicted molar refractivity (Wildman–Crippen MR) is 104 cm³/mol. The summed E-state index contributed by atoms with van der Waals surface area (Å²) in [7, 11) is 1.64. The third-order valence-corrected chi connectivity index (χ3v) is 4.35. The Balaban J connectivity index is 0.00000261. The summed E-state index contributed by atoms with van der Waals surface area (Å²) in [5, 5.41) is 4.11. The van der Waals surface area contributed by atoms with E-state index in [4.69, 9.17) is 21.1 Å². The zero-order chi connectivity index (χ0) is 18.2. The zero-order valence-corrected chi connectivity index (χ0v) is 16.5. The maximum Gasteiger partial charge on any atom is 0.161 e. The summed E-state index contributed by atoms with van der Waals surface area (Å²) in [5.41, 5.74) is 3.27. The van der Waals surface area contributed by atoms with Gasteiger partial charge in [-0.3, -0.25) is 4.98 Å². The Labute approximate surface area is 170 Å². The number of hydrogen-bond donors (Lipinski definition) is 1. The van der Waals surface area contributed by atoms with Crippen molar-refractivity contribution in [3.63, 3.8) is 0 Å². The van der Waals surface area contributed by atoms with Gasteiger partial charge in [-0.2, -0.15) is 0 Å². The molecule has 6 heteroatoms. The summed E-state index contributed by atoms with van der Waals surface area (Å²) in [4.78, 5) is 4.02. The fraction of sp³-hybridized carbons (Fsp3) is 0.190. The summed E-state index contributed by atoms with van der Waals surface area (Å²) in [6.07, 6.45) is 3.59. The smallest absolute Gasteiger partial charge is 0.161 e. The molecule has 3 aromatic rings. The van der Waals surface area contributed by atoms with Crippen LogP contribution in [0, 0.1) is 0 Å². The molecule has 0 radical (unpaired) electrons. The Kier molecular flexibility index (Phi) is 8.40. The van der Waals surface area contributed by atoms with Crippen molar-refractivity contribution < 1.29 is 21.9 Å². The number of pyridine rings is 1. The van der Waals surface area contributed by atoms with Crippen LogP contribution in [0.4, 0.5) is 0 Å². The molecule has 1 N–H and O–H groups in total. The van der Waals surface area contributed by atoms with Gasteiger partial charge in [0.2, 0.25) is 0 Å². The lowest BCUT2D eigenvalue weighted by molar-refractivity contribution is -0.00000581. The quantitative estimate of drug-likeness (QED) is 0.620. The van der Waals surface area contributed by atoms with E-state index in [0.29, 0.717) is 23.1 Å². The molecule has 4 nitrogen and oxygen atoms in total. The van der Waals surface area contributed by atoms with Crippen molar-refractivity contribution in [2.24, 2.45) is 0 Å². The van der Waals surface area contributed by atoms with Gasteiger partial charge in [0.1, 0.15) is 6.61 Å². The monoisotopic (exact) mass is 403 g/mol. The second-order valence-electron chi connectivity index (χ2n) is 5.82. The Morgan fingerprint density at radius 3 is 2.41 bits per heavy atom. The molecule has 27 heavy (non-hydrogen) atoms. The van der Waals surface area contributed by atoms with E-state index in [-0.39, 0.29) is 12.4 Å². The number of nitrogens with one attached hydrogen (secondary N) is 1. The first-order chi connectivity index (χ1) is 12.8. The topological polar surface area (TPSA) is 43.4 Å². The molecule has 0 saturated carbocycles. The molecule has 0 spiro atoms. The van der Waals surface area contributed by atoms with Crippen molar-refractivity contribution >= 4 is 11.6 Å². The van der Waals surface area contributed by atoms with Gasteiger partial charge in [0.05, 0.1) is 7.11 Å². The van der Waals surface area contributed by atoms with Crippen molar-refractivity contribution in [1.29, 1.82) is 0 Å². The van der Waals surface area contributed by atoms with E-state index in [1.54, 1.807) is 19.5 Å². The maximum atomic E-state index is 6.17. The molecule has 0 saturated heterocycles. The van der Waals surface area contributed by atoms with Crippen LogP contribution in [-0.4, -0.2) is 12.1 Å². The highest BCUT2D eigenvalue weighted by Gasteiger charge is 2.07. The van der Waals surface area contributed by atoms with E-state index in [1.807, 2.05) is 54.6 Å². The SMILES string of the molecule is COc1cc(CNCc2ccncc2)ccc1OCc1ccccc1Cl.[Cl-]. The largest absolute Gasteiger partial charge is 1.00 e. The standard InChI is InChI=1S/C21H21ClN2O2.ClH/c1-25-21-12-17(14-24-13-16-8-10-23-11-9-16)6-7-20(21)26-15-18-4-2-3-5-19(18)22;/h2-12,24H,13-15H2,1H3;1H/p-1. The fourth-order valence-corrected chi connectivity index (χ4v) is 2.75. The third-order valence-electron chi connectivity index (χ3n) is 3.98. The van der Waals surface area contributed by atoms with Gasteiger partial charge in [-0.05, 0) is 41.5 Å². The Hall–Kier alpha value is -2.27. The average Bonchev–Trinajstić information content (AvgIpc) is 2.68. The van der Waals surface area contributed by atoms with E-state index in [2.05, 4.69) is 10.3 Å². The Morgan fingerprint density at radius 1 is 0.926 bits per heavy atom. The molecule has 0 fully saturated rings. The van der Waals surface area contributed by atoms with Crippen molar-refractivity contribution in [3.05, 3.63) is 88.7 Å². The van der Waals surface area contributed by atoms with Gasteiger partial charge >= 0.3 is 0 Å². The minimum atomic E-state index is 0. The lowest BCUT2D eigenvalue weighted by atomic mass is 10.2. The van der Waals surface area contributed by atoms with Crippen LogP contribution >= 0.6 is 11.6 Å². The number of aromatic nitrogens is 1. The predicted octanol–water partition coefficient (Wildman–Crippen LogP) is 1.62. The van der Waals surface area contributed by atoms with Crippen LogP contribution in [0.1, 0.15) is 16.7 Å². The molecule has 0 aliphatic carbocycles. The molecule has 0 aliphatic heterocycles. The molecule has 0 bridgehead atoms. The minimum Gasteiger partial charge on any atom is -1.00 e. The molecular formula is C21H21Cl2N2O2-. The summed E-state index contributed by atoms with van der Waals surface area (Å²) < 4.78 is 11.4. The normalized spacial score (nSPS) is 10.1. The van der Waals surface area contributed by atoms with Crippen LogP contribution in [0.5, 0.6) is 11.5 Å². The molecule has 0 unspecified atom stereocenters. The molecule has 2 aromatic carbocycles. The first kappa shape index (κ1) is 21.0. The van der Waals surface area contributed by atoms with E-state index < -0.39 is 0 Å². The summed E-state index contributed by atoms with van der Waals surface area (Å²) in [6, 6.07) is 17.6. The number of halogens is 2. The number of methoxy groups -OCH3 is 1. The minimum absolute atomic E-state index is 0. The van der Waals surface area contributed by atoms with Crippen LogP contribution < -0.4 is 27.2 Å². The molecule has 0 aliphatic rings. The summed E-state index contributed by atoms with van der Waals surface area (Å²) in [5.74, 6) is 1.41. The Morgan fingerprint density at radius 2 is 1.67 bits per heavy atom. The molecule has 0 amide bonds. The highest BCUT2D eigenvalue weighted by Crippen LogP contribution is 2.29. The summed E-state index contributed by atoms with van der Waals surface area (Å²) >= 11 is 6.17. The maximum absolute atomic E-state index is 6.17. The number of hydrogen-bond acceptors (Lipinski definition) is 4.